The molecule has 0 amide bonds. The summed E-state index contributed by atoms with van der Waals surface area (Å²) in [6, 6.07) is 20.8. The number of carbonyl (C=O) groups is 1. The highest BCUT2D eigenvalue weighted by Gasteiger charge is 2.47. The summed E-state index contributed by atoms with van der Waals surface area (Å²) in [5.74, 6) is -0.814. The maximum Gasteiger partial charge on any atom is 0.310 e. The quantitative estimate of drug-likeness (QED) is 0.621. The van der Waals surface area contributed by atoms with Crippen LogP contribution < -0.4 is 5.43 Å². The Kier molecular flexibility index (Phi) is 6.71. The molecule has 1 aliphatic heterocycles. The van der Waals surface area contributed by atoms with Crippen molar-refractivity contribution in [3.63, 3.8) is 0 Å². The molecule has 1 fully saturated rings. The van der Waals surface area contributed by atoms with E-state index in [4.69, 9.17) is 4.99 Å². The lowest BCUT2D eigenvalue weighted by Gasteiger charge is -2.45. The summed E-state index contributed by atoms with van der Waals surface area (Å²) in [5, 5.41) is 11.3. The normalized spacial score (nSPS) is 18.7. The lowest BCUT2D eigenvalue weighted by Crippen LogP contribution is -2.54. The summed E-state index contributed by atoms with van der Waals surface area (Å²) in [6.45, 7) is 6.43. The van der Waals surface area contributed by atoms with Crippen LogP contribution in [0.15, 0.2) is 114 Å². The Hall–Kier alpha value is -3.70. The number of nitrogens with one attached hydrogen (secondary N) is 1. The van der Waals surface area contributed by atoms with Gasteiger partial charge in [-0.05, 0) is 36.5 Å². The van der Waals surface area contributed by atoms with Gasteiger partial charge in [0.25, 0.3) is 0 Å². The Morgan fingerprint density at radius 3 is 2.30 bits per heavy atom. The lowest BCUT2D eigenvalue weighted by molar-refractivity contribution is -0.139. The van der Waals surface area contributed by atoms with Gasteiger partial charge < -0.3 is 5.11 Å². The van der Waals surface area contributed by atoms with Crippen molar-refractivity contribution in [1.82, 2.24) is 10.4 Å². The third kappa shape index (κ3) is 4.32. The molecule has 1 unspecified atom stereocenters. The summed E-state index contributed by atoms with van der Waals surface area (Å²) in [7, 11) is 0. The number of carboxylic acids is 1. The van der Waals surface area contributed by atoms with Crippen LogP contribution in [0.1, 0.15) is 30.9 Å². The van der Waals surface area contributed by atoms with E-state index in [1.165, 1.54) is 0 Å². The van der Waals surface area contributed by atoms with E-state index in [1.54, 1.807) is 19.2 Å². The Balaban J connectivity index is 1.94. The molecule has 1 heterocycles. The highest BCUT2D eigenvalue weighted by molar-refractivity contribution is 6.01. The molecule has 5 heteroatoms. The van der Waals surface area contributed by atoms with Gasteiger partial charge in [0.2, 0.25) is 0 Å². The molecule has 2 aliphatic rings. The van der Waals surface area contributed by atoms with Gasteiger partial charge in [0, 0.05) is 18.3 Å². The molecule has 0 aromatic heterocycles. The van der Waals surface area contributed by atoms with Crippen LogP contribution in [0.25, 0.3) is 0 Å². The van der Waals surface area contributed by atoms with E-state index in [-0.39, 0.29) is 0 Å². The number of hydrogen-bond donors (Lipinski definition) is 2. The monoisotopic (exact) mass is 439 g/mol. The lowest BCUT2D eigenvalue weighted by atomic mass is 9.74. The number of carboxylic acid groups (broad SMARTS) is 1. The highest BCUT2D eigenvalue weighted by Crippen LogP contribution is 2.45. The zero-order chi connectivity index (χ0) is 23.3. The minimum absolute atomic E-state index is 0.555. The van der Waals surface area contributed by atoms with Gasteiger partial charge in [-0.1, -0.05) is 91.5 Å². The Bertz CT molecular complexity index is 1090. The van der Waals surface area contributed by atoms with Gasteiger partial charge in [0.1, 0.15) is 11.4 Å². The zero-order valence-corrected chi connectivity index (χ0v) is 18.8. The minimum Gasteiger partial charge on any atom is -0.481 e. The third-order valence-electron chi connectivity index (χ3n) is 6.07. The van der Waals surface area contributed by atoms with Gasteiger partial charge in [-0.25, -0.2) is 10.4 Å². The average molecular weight is 440 g/mol. The van der Waals surface area contributed by atoms with E-state index in [1.807, 2.05) is 12.1 Å². The van der Waals surface area contributed by atoms with Crippen LogP contribution in [0.4, 0.5) is 0 Å². The fraction of sp³-hybridized carbons (Fsp3) is 0.214. The average Bonchev–Trinajstić information content (AvgIpc) is 3.22. The van der Waals surface area contributed by atoms with Crippen LogP contribution in [0.3, 0.4) is 0 Å². The van der Waals surface area contributed by atoms with Crippen LogP contribution in [0.5, 0.6) is 0 Å². The summed E-state index contributed by atoms with van der Waals surface area (Å²) in [5.41, 5.74) is 7.06. The second-order valence-corrected chi connectivity index (χ2v) is 8.28. The predicted octanol–water partition coefficient (Wildman–Crippen LogP) is 5.22. The fourth-order valence-electron chi connectivity index (χ4n) is 4.37. The molecule has 168 valence electrons. The number of aliphatic imine (C=N–C) groups is 1. The topological polar surface area (TPSA) is 64.9 Å². The van der Waals surface area contributed by atoms with Crippen LogP contribution in [0.2, 0.25) is 0 Å². The Labute approximate surface area is 195 Å². The molecule has 0 bridgehead atoms. The standard InChI is InChI=1S/C28H29N3O2/c1-21(27(32)33)18-19-29-26-22(2)20-30-31(26)28(23-12-6-3-7-13-23,24-14-8-4-9-15-24)25-16-10-5-11-17-25/h3-4,6-10,12-19,21,30H,2,5,11,20H2,1H3,(H,32,33)/b19-18-,29-26?. The van der Waals surface area contributed by atoms with Gasteiger partial charge in [-0.15, -0.1) is 0 Å². The van der Waals surface area contributed by atoms with Crippen molar-refractivity contribution < 1.29 is 9.90 Å². The van der Waals surface area contributed by atoms with E-state index in [0.29, 0.717) is 12.4 Å². The number of benzene rings is 2. The first-order valence-corrected chi connectivity index (χ1v) is 11.2. The first kappa shape index (κ1) is 22.5. The van der Waals surface area contributed by atoms with Crippen LogP contribution >= 0.6 is 0 Å². The SMILES string of the molecule is C=C1CNN(C(C2=CCCC=C2)(c2ccccc2)c2ccccc2)C1=N/C=C\C(C)C(=O)O. The van der Waals surface area contributed by atoms with Crippen molar-refractivity contribution in [3.8, 4) is 0 Å². The molecule has 2 aromatic carbocycles. The van der Waals surface area contributed by atoms with Gasteiger partial charge in [-0.2, -0.15) is 0 Å². The molecule has 4 rings (SSSR count). The Morgan fingerprint density at radius 1 is 1.12 bits per heavy atom. The van der Waals surface area contributed by atoms with E-state index in [2.05, 4.69) is 83.8 Å². The summed E-state index contributed by atoms with van der Waals surface area (Å²) in [4.78, 5) is 15.9. The summed E-state index contributed by atoms with van der Waals surface area (Å²) < 4.78 is 0. The van der Waals surface area contributed by atoms with Crippen molar-refractivity contribution in [2.75, 3.05) is 6.54 Å². The number of aliphatic carboxylic acids is 1. The molecule has 33 heavy (non-hydrogen) atoms. The van der Waals surface area contributed by atoms with Crippen molar-refractivity contribution in [2.45, 2.75) is 25.3 Å². The number of hydrazine groups is 1. The third-order valence-corrected chi connectivity index (χ3v) is 6.07. The molecule has 1 aliphatic carbocycles. The van der Waals surface area contributed by atoms with Gasteiger partial charge >= 0.3 is 5.97 Å². The molecule has 1 saturated heterocycles. The molecule has 1 atom stereocenters. The van der Waals surface area contributed by atoms with Gasteiger partial charge in [0.05, 0.1) is 5.92 Å². The maximum atomic E-state index is 11.2. The molecule has 2 N–H and O–H groups in total. The zero-order valence-electron chi connectivity index (χ0n) is 18.8. The largest absolute Gasteiger partial charge is 0.481 e. The second-order valence-electron chi connectivity index (χ2n) is 8.28. The molecule has 2 aromatic rings. The van der Waals surface area contributed by atoms with E-state index < -0.39 is 17.4 Å². The smallest absolute Gasteiger partial charge is 0.310 e. The molecular weight excluding hydrogens is 410 g/mol. The van der Waals surface area contributed by atoms with Crippen molar-refractivity contribution >= 4 is 11.8 Å². The first-order valence-electron chi connectivity index (χ1n) is 11.2. The maximum absolute atomic E-state index is 11.2. The molecule has 0 spiro atoms. The highest BCUT2D eigenvalue weighted by atomic mass is 16.4. The predicted molar refractivity (Wildman–Crippen MR) is 132 cm³/mol. The number of allylic oxidation sites excluding steroid dienone is 2. The summed E-state index contributed by atoms with van der Waals surface area (Å²) >= 11 is 0. The molecule has 5 nitrogen and oxygen atoms in total. The number of hydrogen-bond acceptors (Lipinski definition) is 3. The van der Waals surface area contributed by atoms with Crippen LogP contribution in [0, 0.1) is 5.92 Å². The van der Waals surface area contributed by atoms with E-state index in [0.717, 1.165) is 35.1 Å². The second kappa shape index (κ2) is 9.84. The van der Waals surface area contributed by atoms with Gasteiger partial charge in [0.15, 0.2) is 0 Å². The van der Waals surface area contributed by atoms with Crippen molar-refractivity contribution in [1.29, 1.82) is 0 Å². The fourth-order valence-corrected chi connectivity index (χ4v) is 4.37. The van der Waals surface area contributed by atoms with Crippen LogP contribution in [-0.4, -0.2) is 28.5 Å². The molecule has 0 radical (unpaired) electrons. The number of nitrogens with zero attached hydrogens (tertiary/aromatic N) is 2. The van der Waals surface area contributed by atoms with Gasteiger partial charge in [-0.3, -0.25) is 9.80 Å². The van der Waals surface area contributed by atoms with Crippen LogP contribution in [-0.2, 0) is 10.3 Å². The number of amidine groups is 1. The summed E-state index contributed by atoms with van der Waals surface area (Å²) in [6.07, 6.45) is 11.8. The van der Waals surface area contributed by atoms with E-state index in [9.17, 15) is 9.90 Å². The molecule has 0 saturated carbocycles. The number of rotatable bonds is 7. The van der Waals surface area contributed by atoms with Crippen molar-refractivity contribution in [3.05, 3.63) is 120 Å². The minimum atomic E-state index is -0.882. The first-order chi connectivity index (χ1) is 16.0. The molecular formula is C28H29N3O2. The Morgan fingerprint density at radius 2 is 1.76 bits per heavy atom. The van der Waals surface area contributed by atoms with E-state index >= 15 is 0 Å². The van der Waals surface area contributed by atoms with Crippen molar-refractivity contribution in [2.24, 2.45) is 10.9 Å².